The number of piperidine rings is 1. The molecule has 136 valence electrons. The molecule has 0 amide bonds. The molecule has 1 unspecified atom stereocenters. The number of thiazole rings is 1. The predicted octanol–water partition coefficient (Wildman–Crippen LogP) is 4.76. The Morgan fingerprint density at radius 3 is 2.80 bits per heavy atom. The minimum atomic E-state index is 0.397. The SMILES string of the molecule is CNC(C)c1ccc(-c2cncs2)cc1CCCC1CCN(C)CC1. The number of nitrogens with zero attached hydrogens (tertiary/aromatic N) is 2. The van der Waals surface area contributed by atoms with E-state index in [2.05, 4.69) is 47.4 Å². The largest absolute Gasteiger partial charge is 0.313 e. The maximum atomic E-state index is 4.23. The van der Waals surface area contributed by atoms with Crippen LogP contribution in [-0.2, 0) is 6.42 Å². The number of hydrogen-bond donors (Lipinski definition) is 1. The minimum absolute atomic E-state index is 0.397. The van der Waals surface area contributed by atoms with Gasteiger partial charge in [-0.2, -0.15) is 0 Å². The van der Waals surface area contributed by atoms with Gasteiger partial charge < -0.3 is 10.2 Å². The maximum Gasteiger partial charge on any atom is 0.0797 e. The highest BCUT2D eigenvalue weighted by atomic mass is 32.1. The van der Waals surface area contributed by atoms with Gasteiger partial charge in [0.05, 0.1) is 10.4 Å². The van der Waals surface area contributed by atoms with Gasteiger partial charge in [-0.3, -0.25) is 4.98 Å². The van der Waals surface area contributed by atoms with E-state index in [4.69, 9.17) is 0 Å². The summed E-state index contributed by atoms with van der Waals surface area (Å²) in [5.74, 6) is 0.922. The summed E-state index contributed by atoms with van der Waals surface area (Å²) < 4.78 is 0. The molecule has 1 aliphatic rings. The van der Waals surface area contributed by atoms with Crippen molar-refractivity contribution in [2.24, 2.45) is 5.92 Å². The summed E-state index contributed by atoms with van der Waals surface area (Å²) in [6.45, 7) is 4.79. The number of rotatable bonds is 7. The van der Waals surface area contributed by atoms with Gasteiger partial charge in [0.2, 0.25) is 0 Å². The molecule has 3 rings (SSSR count). The van der Waals surface area contributed by atoms with Crippen molar-refractivity contribution < 1.29 is 0 Å². The molecule has 2 aromatic rings. The van der Waals surface area contributed by atoms with Crippen molar-refractivity contribution in [1.82, 2.24) is 15.2 Å². The first-order valence-electron chi connectivity index (χ1n) is 9.55. The average Bonchev–Trinajstić information content (AvgIpc) is 3.17. The zero-order valence-corrected chi connectivity index (χ0v) is 16.6. The van der Waals surface area contributed by atoms with Gasteiger partial charge in [0.1, 0.15) is 0 Å². The smallest absolute Gasteiger partial charge is 0.0797 e. The van der Waals surface area contributed by atoms with Gasteiger partial charge in [0.25, 0.3) is 0 Å². The van der Waals surface area contributed by atoms with E-state index in [-0.39, 0.29) is 0 Å². The Morgan fingerprint density at radius 1 is 1.32 bits per heavy atom. The predicted molar refractivity (Wildman–Crippen MR) is 108 cm³/mol. The van der Waals surface area contributed by atoms with Crippen LogP contribution in [0.15, 0.2) is 29.9 Å². The Kier molecular flexibility index (Phi) is 6.63. The molecule has 3 nitrogen and oxygen atoms in total. The number of likely N-dealkylation sites (tertiary alicyclic amines) is 1. The van der Waals surface area contributed by atoms with Crippen LogP contribution < -0.4 is 5.32 Å². The molecule has 1 fully saturated rings. The number of nitrogens with one attached hydrogen (secondary N) is 1. The minimum Gasteiger partial charge on any atom is -0.313 e. The van der Waals surface area contributed by atoms with E-state index in [0.29, 0.717) is 6.04 Å². The van der Waals surface area contributed by atoms with Crippen LogP contribution in [0.5, 0.6) is 0 Å². The molecule has 2 heterocycles. The lowest BCUT2D eigenvalue weighted by molar-refractivity contribution is 0.210. The van der Waals surface area contributed by atoms with Gasteiger partial charge >= 0.3 is 0 Å². The molecule has 1 aromatic heterocycles. The molecule has 0 bridgehead atoms. The van der Waals surface area contributed by atoms with Crippen LogP contribution in [0.3, 0.4) is 0 Å². The highest BCUT2D eigenvalue weighted by molar-refractivity contribution is 7.13. The summed E-state index contributed by atoms with van der Waals surface area (Å²) in [6.07, 6.45) is 8.56. The number of aryl methyl sites for hydroxylation is 1. The zero-order chi connectivity index (χ0) is 17.6. The van der Waals surface area contributed by atoms with Crippen molar-refractivity contribution in [2.45, 2.75) is 45.1 Å². The van der Waals surface area contributed by atoms with E-state index in [0.717, 1.165) is 5.92 Å². The first kappa shape index (κ1) is 18.6. The lowest BCUT2D eigenvalue weighted by Crippen LogP contribution is -2.30. The molecule has 1 N–H and O–H groups in total. The fourth-order valence-electron chi connectivity index (χ4n) is 3.84. The molecule has 0 saturated carbocycles. The molecular formula is C21H31N3S. The lowest BCUT2D eigenvalue weighted by Gasteiger charge is -2.29. The van der Waals surface area contributed by atoms with Crippen LogP contribution >= 0.6 is 11.3 Å². The zero-order valence-electron chi connectivity index (χ0n) is 15.8. The van der Waals surface area contributed by atoms with E-state index in [1.54, 1.807) is 11.3 Å². The Labute approximate surface area is 156 Å². The molecular weight excluding hydrogens is 326 g/mol. The normalized spacial score (nSPS) is 17.7. The van der Waals surface area contributed by atoms with Gasteiger partial charge in [-0.25, -0.2) is 0 Å². The number of aromatic nitrogens is 1. The quantitative estimate of drug-likeness (QED) is 0.775. The second-order valence-electron chi connectivity index (χ2n) is 7.43. The molecule has 1 aromatic carbocycles. The van der Waals surface area contributed by atoms with E-state index < -0.39 is 0 Å². The van der Waals surface area contributed by atoms with E-state index in [9.17, 15) is 0 Å². The highest BCUT2D eigenvalue weighted by Crippen LogP contribution is 2.30. The third kappa shape index (κ3) is 4.90. The Hall–Kier alpha value is -1.23. The number of hydrogen-bond acceptors (Lipinski definition) is 4. The van der Waals surface area contributed by atoms with Crippen molar-refractivity contribution in [2.75, 3.05) is 27.2 Å². The summed E-state index contributed by atoms with van der Waals surface area (Å²) in [5, 5.41) is 3.41. The van der Waals surface area contributed by atoms with Crippen LogP contribution in [0.2, 0.25) is 0 Å². The Bertz CT molecular complexity index is 645. The third-order valence-corrected chi connectivity index (χ3v) is 6.48. The second kappa shape index (κ2) is 8.93. The summed E-state index contributed by atoms with van der Waals surface area (Å²) in [5.41, 5.74) is 6.17. The molecule has 1 atom stereocenters. The third-order valence-electron chi connectivity index (χ3n) is 5.66. The molecule has 0 radical (unpaired) electrons. The van der Waals surface area contributed by atoms with Crippen LogP contribution in [-0.4, -0.2) is 37.1 Å². The first-order chi connectivity index (χ1) is 12.2. The summed E-state index contributed by atoms with van der Waals surface area (Å²) in [7, 11) is 4.29. The van der Waals surface area contributed by atoms with Gasteiger partial charge in [0.15, 0.2) is 0 Å². The summed E-state index contributed by atoms with van der Waals surface area (Å²) in [4.78, 5) is 7.96. The van der Waals surface area contributed by atoms with Gasteiger partial charge in [-0.15, -0.1) is 11.3 Å². The van der Waals surface area contributed by atoms with Crippen LogP contribution in [0.4, 0.5) is 0 Å². The standard InChI is InChI=1S/C21H31N3S/c1-16(22-2)20-8-7-19(21-14-23-15-25-21)13-18(20)6-4-5-17-9-11-24(3)12-10-17/h7-8,13-17,22H,4-6,9-12H2,1-3H3. The van der Waals surface area contributed by atoms with Crippen molar-refractivity contribution in [3.8, 4) is 10.4 Å². The molecule has 0 aliphatic carbocycles. The van der Waals surface area contributed by atoms with E-state index >= 15 is 0 Å². The fraction of sp³-hybridized carbons (Fsp3) is 0.571. The first-order valence-corrected chi connectivity index (χ1v) is 10.4. The van der Waals surface area contributed by atoms with Crippen molar-refractivity contribution >= 4 is 11.3 Å². The van der Waals surface area contributed by atoms with E-state index in [1.165, 1.54) is 66.8 Å². The van der Waals surface area contributed by atoms with Crippen LogP contribution in [0.25, 0.3) is 10.4 Å². The number of benzene rings is 1. The van der Waals surface area contributed by atoms with Crippen LogP contribution in [0.1, 0.15) is 49.8 Å². The van der Waals surface area contributed by atoms with Gasteiger partial charge in [0, 0.05) is 12.2 Å². The van der Waals surface area contributed by atoms with Crippen LogP contribution in [0, 0.1) is 5.92 Å². The molecule has 1 aliphatic heterocycles. The second-order valence-corrected chi connectivity index (χ2v) is 8.31. The van der Waals surface area contributed by atoms with E-state index in [1.807, 2.05) is 18.8 Å². The molecule has 4 heteroatoms. The fourth-order valence-corrected chi connectivity index (χ4v) is 4.46. The molecule has 25 heavy (non-hydrogen) atoms. The van der Waals surface area contributed by atoms with Gasteiger partial charge in [-0.05, 0) is 88.5 Å². The summed E-state index contributed by atoms with van der Waals surface area (Å²) >= 11 is 1.72. The topological polar surface area (TPSA) is 28.2 Å². The Morgan fingerprint density at radius 2 is 2.12 bits per heavy atom. The molecule has 1 saturated heterocycles. The van der Waals surface area contributed by atoms with Gasteiger partial charge in [-0.1, -0.05) is 18.6 Å². The maximum absolute atomic E-state index is 4.23. The lowest BCUT2D eigenvalue weighted by atomic mass is 9.89. The average molecular weight is 358 g/mol. The van der Waals surface area contributed by atoms with Crippen molar-refractivity contribution in [1.29, 1.82) is 0 Å². The molecule has 0 spiro atoms. The van der Waals surface area contributed by atoms with Crippen molar-refractivity contribution in [3.05, 3.63) is 41.0 Å². The highest BCUT2D eigenvalue weighted by Gasteiger charge is 2.17. The summed E-state index contributed by atoms with van der Waals surface area (Å²) in [6, 6.07) is 7.35. The Balaban J connectivity index is 1.67. The van der Waals surface area contributed by atoms with Crippen molar-refractivity contribution in [3.63, 3.8) is 0 Å². The monoisotopic (exact) mass is 357 g/mol.